The lowest BCUT2D eigenvalue weighted by Crippen LogP contribution is -2.52. The summed E-state index contributed by atoms with van der Waals surface area (Å²) in [5.41, 5.74) is 0.621. The van der Waals surface area contributed by atoms with Gasteiger partial charge in [-0.2, -0.15) is 4.31 Å². The lowest BCUT2D eigenvalue weighted by molar-refractivity contribution is -0.136. The highest BCUT2D eigenvalue weighted by molar-refractivity contribution is 7.88. The molecule has 7 nitrogen and oxygen atoms in total. The van der Waals surface area contributed by atoms with Crippen molar-refractivity contribution in [3.8, 4) is 0 Å². The van der Waals surface area contributed by atoms with Crippen LogP contribution >= 0.6 is 0 Å². The Hall–Kier alpha value is -1.51. The number of carbonyl (C=O) groups is 1. The van der Waals surface area contributed by atoms with Crippen molar-refractivity contribution in [2.45, 2.75) is 31.4 Å². The maximum Gasteiger partial charge on any atom is 0.240 e. The summed E-state index contributed by atoms with van der Waals surface area (Å²) in [5.74, 6) is -0.280. The summed E-state index contributed by atoms with van der Waals surface area (Å²) >= 11 is 0. The molecule has 1 amide bonds. The van der Waals surface area contributed by atoms with Crippen LogP contribution in [0.25, 0.3) is 0 Å². The fraction of sp³-hybridized carbons (Fsp3) is 0.600. The number of aromatic nitrogens is 1. The minimum Gasteiger partial charge on any atom is -0.386 e. The van der Waals surface area contributed by atoms with E-state index in [1.807, 2.05) is 0 Å². The Morgan fingerprint density at radius 2 is 2.26 bits per heavy atom. The van der Waals surface area contributed by atoms with Crippen LogP contribution in [0.2, 0.25) is 0 Å². The maximum atomic E-state index is 12.6. The van der Waals surface area contributed by atoms with Gasteiger partial charge in [0, 0.05) is 31.5 Å². The first kappa shape index (κ1) is 17.8. The molecule has 0 bridgehead atoms. The molecule has 1 fully saturated rings. The van der Waals surface area contributed by atoms with Crippen molar-refractivity contribution in [2.75, 3.05) is 26.4 Å². The molecule has 23 heavy (non-hydrogen) atoms. The van der Waals surface area contributed by atoms with Crippen molar-refractivity contribution in [1.82, 2.24) is 14.2 Å². The zero-order valence-electron chi connectivity index (χ0n) is 13.4. The van der Waals surface area contributed by atoms with E-state index in [0.717, 1.165) is 19.1 Å². The smallest absolute Gasteiger partial charge is 0.240 e. The number of rotatable bonds is 5. The zero-order valence-corrected chi connectivity index (χ0v) is 14.2. The van der Waals surface area contributed by atoms with E-state index >= 15 is 0 Å². The number of nitrogens with zero attached hydrogens (tertiary/aromatic N) is 3. The largest absolute Gasteiger partial charge is 0.386 e. The molecule has 0 aromatic carbocycles. The van der Waals surface area contributed by atoms with Gasteiger partial charge in [-0.3, -0.25) is 9.78 Å². The monoisotopic (exact) mass is 341 g/mol. The summed E-state index contributed by atoms with van der Waals surface area (Å²) in [4.78, 5) is 18.0. The molecular formula is C15H23N3O4S. The van der Waals surface area contributed by atoms with Crippen molar-refractivity contribution in [2.24, 2.45) is 0 Å². The predicted molar refractivity (Wildman–Crippen MR) is 86.0 cm³/mol. The SMILES string of the molecule is CN(CC(O)c1cccnc1)C(=O)C1CCCCN1S(C)(=O)=O. The molecule has 128 valence electrons. The molecule has 0 radical (unpaired) electrons. The van der Waals surface area contributed by atoms with Gasteiger partial charge in [0.05, 0.1) is 18.9 Å². The summed E-state index contributed by atoms with van der Waals surface area (Å²) in [6.45, 7) is 0.465. The van der Waals surface area contributed by atoms with Crippen LogP contribution in [0.15, 0.2) is 24.5 Å². The highest BCUT2D eigenvalue weighted by atomic mass is 32.2. The van der Waals surface area contributed by atoms with Crippen LogP contribution in [0.5, 0.6) is 0 Å². The lowest BCUT2D eigenvalue weighted by atomic mass is 10.0. The molecule has 2 atom stereocenters. The van der Waals surface area contributed by atoms with Crippen LogP contribution in [0, 0.1) is 0 Å². The summed E-state index contributed by atoms with van der Waals surface area (Å²) in [5, 5.41) is 10.2. The van der Waals surface area contributed by atoms with Crippen molar-refractivity contribution in [3.63, 3.8) is 0 Å². The average molecular weight is 341 g/mol. The Bertz CT molecular complexity index is 635. The van der Waals surface area contributed by atoms with Gasteiger partial charge >= 0.3 is 0 Å². The Balaban J connectivity index is 2.06. The third kappa shape index (κ3) is 4.49. The van der Waals surface area contributed by atoms with E-state index in [-0.39, 0.29) is 12.5 Å². The van der Waals surface area contributed by atoms with Gasteiger partial charge < -0.3 is 10.0 Å². The third-order valence-corrected chi connectivity index (χ3v) is 5.35. The van der Waals surface area contributed by atoms with Crippen LogP contribution in [0.1, 0.15) is 30.9 Å². The van der Waals surface area contributed by atoms with Crippen LogP contribution in [-0.4, -0.2) is 66.1 Å². The number of hydrogen-bond acceptors (Lipinski definition) is 5. The van der Waals surface area contributed by atoms with Gasteiger partial charge in [-0.25, -0.2) is 8.42 Å². The first-order chi connectivity index (χ1) is 10.8. The molecule has 1 aromatic rings. The number of pyridine rings is 1. The molecule has 2 heterocycles. The maximum absolute atomic E-state index is 12.6. The molecule has 0 spiro atoms. The van der Waals surface area contributed by atoms with Gasteiger partial charge in [-0.05, 0) is 18.9 Å². The first-order valence-electron chi connectivity index (χ1n) is 7.60. The molecule has 0 aliphatic carbocycles. The number of sulfonamides is 1. The topological polar surface area (TPSA) is 90.8 Å². The van der Waals surface area contributed by atoms with Crippen molar-refractivity contribution in [3.05, 3.63) is 30.1 Å². The number of aliphatic hydroxyl groups is 1. The van der Waals surface area contributed by atoms with E-state index in [1.165, 1.54) is 9.21 Å². The summed E-state index contributed by atoms with van der Waals surface area (Å²) in [6, 6.07) is 2.77. The summed E-state index contributed by atoms with van der Waals surface area (Å²) in [7, 11) is -1.84. The van der Waals surface area contributed by atoms with Crippen LogP contribution in [0.3, 0.4) is 0 Å². The summed E-state index contributed by atoms with van der Waals surface area (Å²) in [6.07, 6.45) is 5.53. The number of likely N-dealkylation sites (N-methyl/N-ethyl adjacent to an activating group) is 1. The van der Waals surface area contributed by atoms with Crippen LogP contribution in [-0.2, 0) is 14.8 Å². The predicted octanol–water partition coefficient (Wildman–Crippen LogP) is 0.388. The van der Waals surface area contributed by atoms with E-state index in [4.69, 9.17) is 0 Å². The number of amides is 1. The number of carbonyl (C=O) groups excluding carboxylic acids is 1. The minimum atomic E-state index is -3.42. The van der Waals surface area contributed by atoms with Crippen LogP contribution < -0.4 is 0 Å². The fourth-order valence-electron chi connectivity index (χ4n) is 2.83. The molecule has 1 saturated heterocycles. The van der Waals surface area contributed by atoms with Crippen molar-refractivity contribution >= 4 is 15.9 Å². The number of piperidine rings is 1. The standard InChI is InChI=1S/C15H23N3O4S/c1-17(11-14(19)12-6-5-8-16-10-12)15(20)13-7-3-4-9-18(13)23(2,21)22/h5-6,8,10,13-14,19H,3-4,7,9,11H2,1-2H3. The van der Waals surface area contributed by atoms with E-state index in [9.17, 15) is 18.3 Å². The Kier molecular flexibility index (Phi) is 5.72. The Labute approximate surface area is 137 Å². The van der Waals surface area contributed by atoms with Crippen molar-refractivity contribution in [1.29, 1.82) is 0 Å². The number of aliphatic hydroxyl groups excluding tert-OH is 1. The van der Waals surface area contributed by atoms with E-state index < -0.39 is 22.2 Å². The molecule has 0 saturated carbocycles. The molecule has 1 aliphatic rings. The molecule has 1 aliphatic heterocycles. The molecule has 1 N–H and O–H groups in total. The second-order valence-corrected chi connectivity index (χ2v) is 7.84. The van der Waals surface area contributed by atoms with Crippen molar-refractivity contribution < 1.29 is 18.3 Å². The van der Waals surface area contributed by atoms with Gasteiger partial charge in [0.2, 0.25) is 15.9 Å². The van der Waals surface area contributed by atoms with Gasteiger partial charge in [0.1, 0.15) is 6.04 Å². The summed E-state index contributed by atoms with van der Waals surface area (Å²) < 4.78 is 25.0. The minimum absolute atomic E-state index is 0.0959. The van der Waals surface area contributed by atoms with Gasteiger partial charge in [0.25, 0.3) is 0 Å². The van der Waals surface area contributed by atoms with E-state index in [0.29, 0.717) is 18.5 Å². The molecule has 2 rings (SSSR count). The average Bonchev–Trinajstić information content (AvgIpc) is 2.54. The molecule has 2 unspecified atom stereocenters. The second-order valence-electron chi connectivity index (χ2n) is 5.91. The van der Waals surface area contributed by atoms with Gasteiger partial charge in [-0.15, -0.1) is 0 Å². The third-order valence-electron chi connectivity index (χ3n) is 4.06. The second kappa shape index (κ2) is 7.37. The lowest BCUT2D eigenvalue weighted by Gasteiger charge is -2.35. The van der Waals surface area contributed by atoms with Gasteiger partial charge in [-0.1, -0.05) is 12.5 Å². The zero-order chi connectivity index (χ0) is 17.0. The van der Waals surface area contributed by atoms with E-state index in [2.05, 4.69) is 4.98 Å². The number of hydrogen-bond donors (Lipinski definition) is 1. The Morgan fingerprint density at radius 3 is 2.87 bits per heavy atom. The molecule has 1 aromatic heterocycles. The highest BCUT2D eigenvalue weighted by Gasteiger charge is 2.36. The highest BCUT2D eigenvalue weighted by Crippen LogP contribution is 2.22. The quantitative estimate of drug-likeness (QED) is 0.836. The molecule has 8 heteroatoms. The molecular weight excluding hydrogens is 318 g/mol. The first-order valence-corrected chi connectivity index (χ1v) is 9.45. The van der Waals surface area contributed by atoms with Gasteiger partial charge in [0.15, 0.2) is 0 Å². The normalized spacial score (nSPS) is 20.9. The van der Waals surface area contributed by atoms with E-state index in [1.54, 1.807) is 31.6 Å². The fourth-order valence-corrected chi connectivity index (χ4v) is 3.95. The Morgan fingerprint density at radius 1 is 1.52 bits per heavy atom. The van der Waals surface area contributed by atoms with Crippen LogP contribution in [0.4, 0.5) is 0 Å².